The lowest BCUT2D eigenvalue weighted by Crippen LogP contribution is -2.05. The first-order valence-corrected chi connectivity index (χ1v) is 8.56. The molecular formula is C18H30O4. The molecule has 0 saturated carbocycles. The maximum atomic E-state index is 11.2. The number of unbranched alkanes of at least 4 members (excludes halogenated alkanes) is 9. The standard InChI is InChI=1S/C18H30O4/c1-3-5-6-7-8-9-10-11-12-13-16-22-18(20)15-14-17(19)21-4-2/h3-13,16H2,1-2H3. The van der Waals surface area contributed by atoms with Crippen LogP contribution in [-0.4, -0.2) is 25.2 Å². The molecule has 4 heteroatoms. The molecule has 0 rings (SSSR count). The number of carbonyl (C=O) groups excluding carboxylic acids is 2. The van der Waals surface area contributed by atoms with Gasteiger partial charge in [0.2, 0.25) is 0 Å². The number of hydrogen-bond acceptors (Lipinski definition) is 4. The maximum Gasteiger partial charge on any atom is 0.384 e. The van der Waals surface area contributed by atoms with E-state index in [4.69, 9.17) is 4.74 Å². The first-order valence-electron chi connectivity index (χ1n) is 8.56. The van der Waals surface area contributed by atoms with Gasteiger partial charge in [-0.05, 0) is 13.3 Å². The van der Waals surface area contributed by atoms with Crippen molar-refractivity contribution in [2.75, 3.05) is 13.2 Å². The molecule has 0 N–H and O–H groups in total. The SMILES string of the molecule is CCCCCCCCCCCCOC(=O)C#CC(=O)OCC. The van der Waals surface area contributed by atoms with E-state index in [9.17, 15) is 9.59 Å². The summed E-state index contributed by atoms with van der Waals surface area (Å²) >= 11 is 0. The third-order valence-corrected chi connectivity index (χ3v) is 3.27. The number of rotatable bonds is 12. The molecule has 0 aliphatic heterocycles. The molecule has 4 nitrogen and oxygen atoms in total. The van der Waals surface area contributed by atoms with Gasteiger partial charge in [0, 0.05) is 11.8 Å². The van der Waals surface area contributed by atoms with Gasteiger partial charge < -0.3 is 9.47 Å². The minimum atomic E-state index is -0.696. The summed E-state index contributed by atoms with van der Waals surface area (Å²) in [5, 5.41) is 0. The summed E-state index contributed by atoms with van der Waals surface area (Å²) in [6.45, 7) is 4.53. The van der Waals surface area contributed by atoms with Crippen molar-refractivity contribution >= 4 is 11.9 Å². The molecule has 0 atom stereocenters. The summed E-state index contributed by atoms with van der Waals surface area (Å²) in [4.78, 5) is 22.1. The number of hydrogen-bond donors (Lipinski definition) is 0. The van der Waals surface area contributed by atoms with E-state index in [1.54, 1.807) is 6.92 Å². The fourth-order valence-corrected chi connectivity index (χ4v) is 2.06. The molecule has 0 heterocycles. The summed E-state index contributed by atoms with van der Waals surface area (Å²) in [6, 6.07) is 0. The van der Waals surface area contributed by atoms with E-state index >= 15 is 0 Å². The normalized spacial score (nSPS) is 9.73. The zero-order valence-electron chi connectivity index (χ0n) is 14.1. The average Bonchev–Trinajstić information content (AvgIpc) is 2.51. The third kappa shape index (κ3) is 14.9. The van der Waals surface area contributed by atoms with Gasteiger partial charge in [0.05, 0.1) is 13.2 Å². The van der Waals surface area contributed by atoms with Gasteiger partial charge in [0.15, 0.2) is 0 Å². The highest BCUT2D eigenvalue weighted by atomic mass is 16.5. The Morgan fingerprint density at radius 3 is 1.64 bits per heavy atom. The molecule has 22 heavy (non-hydrogen) atoms. The first-order chi connectivity index (χ1) is 10.7. The van der Waals surface area contributed by atoms with E-state index in [-0.39, 0.29) is 6.61 Å². The molecule has 0 saturated heterocycles. The van der Waals surface area contributed by atoms with Crippen LogP contribution in [0.5, 0.6) is 0 Å². The number of carbonyl (C=O) groups is 2. The van der Waals surface area contributed by atoms with Crippen LogP contribution in [0.25, 0.3) is 0 Å². The van der Waals surface area contributed by atoms with Gasteiger partial charge in [-0.25, -0.2) is 9.59 Å². The summed E-state index contributed by atoms with van der Waals surface area (Å²) < 4.78 is 9.51. The summed E-state index contributed by atoms with van der Waals surface area (Å²) in [5.41, 5.74) is 0. The van der Waals surface area contributed by atoms with Gasteiger partial charge in [-0.15, -0.1) is 0 Å². The van der Waals surface area contributed by atoms with Gasteiger partial charge in [-0.1, -0.05) is 64.7 Å². The van der Waals surface area contributed by atoms with Crippen LogP contribution >= 0.6 is 0 Å². The molecule has 0 radical (unpaired) electrons. The molecule has 0 aromatic carbocycles. The van der Waals surface area contributed by atoms with Gasteiger partial charge in [-0.2, -0.15) is 0 Å². The van der Waals surface area contributed by atoms with Crippen molar-refractivity contribution < 1.29 is 19.1 Å². The Morgan fingerprint density at radius 2 is 1.14 bits per heavy atom. The Balaban J connectivity index is 3.35. The van der Waals surface area contributed by atoms with Crippen LogP contribution < -0.4 is 0 Å². The van der Waals surface area contributed by atoms with Crippen LogP contribution in [0.4, 0.5) is 0 Å². The van der Waals surface area contributed by atoms with Crippen molar-refractivity contribution in [2.45, 2.75) is 78.1 Å². The summed E-state index contributed by atoms with van der Waals surface area (Å²) in [5.74, 6) is 2.85. The van der Waals surface area contributed by atoms with E-state index in [1.165, 1.54) is 51.4 Å². The zero-order valence-corrected chi connectivity index (χ0v) is 14.1. The second kappa shape index (κ2) is 15.9. The molecule has 0 aliphatic carbocycles. The van der Waals surface area contributed by atoms with Gasteiger partial charge in [0.25, 0.3) is 0 Å². The largest absolute Gasteiger partial charge is 0.456 e. The van der Waals surface area contributed by atoms with E-state index in [1.807, 2.05) is 0 Å². The third-order valence-electron chi connectivity index (χ3n) is 3.27. The van der Waals surface area contributed by atoms with Crippen LogP contribution in [0, 0.1) is 11.8 Å². The molecule has 0 unspecified atom stereocenters. The fraction of sp³-hybridized carbons (Fsp3) is 0.778. The molecule has 0 aromatic heterocycles. The fourth-order valence-electron chi connectivity index (χ4n) is 2.06. The van der Waals surface area contributed by atoms with E-state index in [2.05, 4.69) is 23.5 Å². The molecule has 0 fully saturated rings. The lowest BCUT2D eigenvalue weighted by Gasteiger charge is -2.02. The second-order valence-electron chi connectivity index (χ2n) is 5.29. The van der Waals surface area contributed by atoms with Crippen molar-refractivity contribution in [2.24, 2.45) is 0 Å². The lowest BCUT2D eigenvalue weighted by molar-refractivity contribution is -0.138. The van der Waals surface area contributed by atoms with Gasteiger partial charge in [0.1, 0.15) is 0 Å². The monoisotopic (exact) mass is 310 g/mol. The predicted molar refractivity (Wildman–Crippen MR) is 87.2 cm³/mol. The quantitative estimate of drug-likeness (QED) is 0.236. The Bertz CT molecular complexity index is 352. The van der Waals surface area contributed by atoms with Gasteiger partial charge in [-0.3, -0.25) is 0 Å². The van der Waals surface area contributed by atoms with Crippen molar-refractivity contribution in [3.63, 3.8) is 0 Å². The topological polar surface area (TPSA) is 52.6 Å². The van der Waals surface area contributed by atoms with Crippen LogP contribution in [-0.2, 0) is 19.1 Å². The van der Waals surface area contributed by atoms with Crippen LogP contribution in [0.15, 0.2) is 0 Å². The maximum absolute atomic E-state index is 11.2. The Hall–Kier alpha value is -1.50. The number of ether oxygens (including phenoxy) is 2. The summed E-state index contributed by atoms with van der Waals surface area (Å²) in [7, 11) is 0. The van der Waals surface area contributed by atoms with E-state index < -0.39 is 11.9 Å². The Morgan fingerprint density at radius 1 is 0.682 bits per heavy atom. The predicted octanol–water partition coefficient (Wildman–Crippen LogP) is 4.02. The van der Waals surface area contributed by atoms with Crippen molar-refractivity contribution in [1.29, 1.82) is 0 Å². The van der Waals surface area contributed by atoms with Crippen molar-refractivity contribution in [1.82, 2.24) is 0 Å². The van der Waals surface area contributed by atoms with E-state index in [0.29, 0.717) is 6.61 Å². The minimum absolute atomic E-state index is 0.251. The molecule has 0 aromatic rings. The Kier molecular flexibility index (Phi) is 14.8. The molecule has 0 bridgehead atoms. The molecule has 0 spiro atoms. The van der Waals surface area contributed by atoms with Crippen LogP contribution in [0.3, 0.4) is 0 Å². The minimum Gasteiger partial charge on any atom is -0.456 e. The highest BCUT2D eigenvalue weighted by Gasteiger charge is 1.99. The summed E-state index contributed by atoms with van der Waals surface area (Å²) in [6.07, 6.45) is 12.3. The highest BCUT2D eigenvalue weighted by molar-refractivity contribution is 5.98. The zero-order chi connectivity index (χ0) is 16.5. The van der Waals surface area contributed by atoms with Crippen LogP contribution in [0.1, 0.15) is 78.1 Å². The van der Waals surface area contributed by atoms with E-state index in [0.717, 1.165) is 12.8 Å². The average molecular weight is 310 g/mol. The Labute approximate surface area is 134 Å². The number of esters is 2. The van der Waals surface area contributed by atoms with Gasteiger partial charge >= 0.3 is 11.9 Å². The second-order valence-corrected chi connectivity index (χ2v) is 5.29. The molecule has 0 aliphatic rings. The molecule has 126 valence electrons. The van der Waals surface area contributed by atoms with Crippen molar-refractivity contribution in [3.8, 4) is 11.8 Å². The molecular weight excluding hydrogens is 280 g/mol. The highest BCUT2D eigenvalue weighted by Crippen LogP contribution is 2.10. The van der Waals surface area contributed by atoms with Crippen molar-refractivity contribution in [3.05, 3.63) is 0 Å². The first kappa shape index (κ1) is 20.5. The molecule has 0 amide bonds. The lowest BCUT2D eigenvalue weighted by atomic mass is 10.1. The van der Waals surface area contributed by atoms with Crippen LogP contribution in [0.2, 0.25) is 0 Å². The smallest absolute Gasteiger partial charge is 0.384 e.